The van der Waals surface area contributed by atoms with Crippen LogP contribution in [0, 0.1) is 0 Å². The molecule has 0 aliphatic heterocycles. The van der Waals surface area contributed by atoms with E-state index in [1.165, 1.54) is 25.3 Å². The van der Waals surface area contributed by atoms with E-state index in [1.54, 1.807) is 36.4 Å². The summed E-state index contributed by atoms with van der Waals surface area (Å²) in [5.41, 5.74) is 2.15. The highest BCUT2D eigenvalue weighted by molar-refractivity contribution is 6.08. The number of anilines is 3. The van der Waals surface area contributed by atoms with E-state index in [9.17, 15) is 14.4 Å². The van der Waals surface area contributed by atoms with Crippen LogP contribution in [0.25, 0.3) is 0 Å². The number of nitrogens with zero attached hydrogens (tertiary/aromatic N) is 1. The van der Waals surface area contributed by atoms with Crippen LogP contribution in [-0.4, -0.2) is 22.7 Å². The highest BCUT2D eigenvalue weighted by Crippen LogP contribution is 2.16. The molecule has 0 aliphatic rings. The predicted octanol–water partition coefficient (Wildman–Crippen LogP) is 3.54. The van der Waals surface area contributed by atoms with Crippen LogP contribution in [0.15, 0.2) is 72.9 Å². The number of hydrogen-bond donors (Lipinski definition) is 3. The molecule has 0 unspecified atom stereocenters. The number of carbonyl (C=O) groups excluding carboxylic acids is 3. The normalized spacial score (nSPS) is 10.0. The van der Waals surface area contributed by atoms with Crippen LogP contribution in [0.1, 0.15) is 27.8 Å². The predicted molar refractivity (Wildman–Crippen MR) is 107 cm³/mol. The van der Waals surface area contributed by atoms with Gasteiger partial charge in [0.25, 0.3) is 11.8 Å². The van der Waals surface area contributed by atoms with Crippen LogP contribution in [0.3, 0.4) is 0 Å². The Morgan fingerprint density at radius 3 is 2.07 bits per heavy atom. The molecule has 0 atom stereocenters. The van der Waals surface area contributed by atoms with Crippen molar-refractivity contribution in [3.63, 3.8) is 0 Å². The van der Waals surface area contributed by atoms with Gasteiger partial charge < -0.3 is 16.0 Å². The number of pyridine rings is 1. The van der Waals surface area contributed by atoms with E-state index in [4.69, 9.17) is 0 Å². The molecule has 3 rings (SSSR count). The first-order chi connectivity index (χ1) is 13.5. The Bertz CT molecular complexity index is 1020. The number of benzene rings is 2. The summed E-state index contributed by atoms with van der Waals surface area (Å²) in [4.78, 5) is 40.1. The van der Waals surface area contributed by atoms with Crippen molar-refractivity contribution in [2.45, 2.75) is 6.92 Å². The number of para-hydroxylation sites is 1. The topological polar surface area (TPSA) is 100 Å². The van der Waals surface area contributed by atoms with Crippen LogP contribution in [-0.2, 0) is 4.79 Å². The Balaban J connectivity index is 1.72. The third-order valence-electron chi connectivity index (χ3n) is 3.73. The lowest BCUT2D eigenvalue weighted by atomic mass is 10.2. The maximum absolute atomic E-state index is 12.5. The van der Waals surface area contributed by atoms with Crippen molar-refractivity contribution in [1.29, 1.82) is 0 Å². The summed E-state index contributed by atoms with van der Waals surface area (Å²) in [5, 5.41) is 8.12. The molecule has 140 valence electrons. The van der Waals surface area contributed by atoms with Gasteiger partial charge in [0, 0.05) is 35.7 Å². The van der Waals surface area contributed by atoms with Crippen molar-refractivity contribution in [2.75, 3.05) is 16.0 Å². The van der Waals surface area contributed by atoms with Gasteiger partial charge in [0.05, 0.1) is 0 Å². The van der Waals surface area contributed by atoms with Crippen molar-refractivity contribution < 1.29 is 14.4 Å². The molecule has 28 heavy (non-hydrogen) atoms. The van der Waals surface area contributed by atoms with Crippen LogP contribution < -0.4 is 16.0 Å². The van der Waals surface area contributed by atoms with E-state index in [1.807, 2.05) is 18.2 Å². The van der Waals surface area contributed by atoms with Crippen molar-refractivity contribution in [3.8, 4) is 0 Å². The molecule has 0 saturated heterocycles. The number of aromatic nitrogens is 1. The lowest BCUT2D eigenvalue weighted by Gasteiger charge is -2.09. The van der Waals surface area contributed by atoms with Crippen molar-refractivity contribution in [2.24, 2.45) is 0 Å². The molecular formula is C21H18N4O3. The van der Waals surface area contributed by atoms with E-state index < -0.39 is 11.8 Å². The van der Waals surface area contributed by atoms with E-state index in [0.29, 0.717) is 17.1 Å². The van der Waals surface area contributed by atoms with Gasteiger partial charge in [0.15, 0.2) is 0 Å². The summed E-state index contributed by atoms with van der Waals surface area (Å²) in [6.45, 7) is 1.41. The molecule has 1 aromatic heterocycles. The molecule has 0 radical (unpaired) electrons. The quantitative estimate of drug-likeness (QED) is 0.636. The minimum absolute atomic E-state index is 0.128. The Morgan fingerprint density at radius 1 is 0.714 bits per heavy atom. The van der Waals surface area contributed by atoms with Crippen molar-refractivity contribution in [1.82, 2.24) is 4.98 Å². The minimum atomic E-state index is -0.409. The molecule has 0 spiro atoms. The summed E-state index contributed by atoms with van der Waals surface area (Å²) in [6.07, 6.45) is 1.41. The first kappa shape index (κ1) is 18.8. The SMILES string of the molecule is CC(=O)Nc1cccc(NC(=O)c2ccnc(C(=O)Nc3ccccc3)c2)c1. The van der Waals surface area contributed by atoms with Gasteiger partial charge in [-0.05, 0) is 42.5 Å². The van der Waals surface area contributed by atoms with E-state index in [0.717, 1.165) is 0 Å². The number of rotatable bonds is 5. The fraction of sp³-hybridized carbons (Fsp3) is 0.0476. The largest absolute Gasteiger partial charge is 0.326 e. The molecule has 7 heteroatoms. The van der Waals surface area contributed by atoms with Gasteiger partial charge in [-0.3, -0.25) is 19.4 Å². The van der Waals surface area contributed by atoms with Gasteiger partial charge in [-0.2, -0.15) is 0 Å². The fourth-order valence-electron chi connectivity index (χ4n) is 2.49. The molecule has 2 aromatic carbocycles. The van der Waals surface area contributed by atoms with Crippen LogP contribution in [0.4, 0.5) is 17.1 Å². The Labute approximate surface area is 161 Å². The molecule has 0 saturated carbocycles. The molecule has 3 aromatic rings. The van der Waals surface area contributed by atoms with Crippen LogP contribution >= 0.6 is 0 Å². The first-order valence-corrected chi connectivity index (χ1v) is 8.53. The first-order valence-electron chi connectivity index (χ1n) is 8.53. The van der Waals surface area contributed by atoms with Gasteiger partial charge in [-0.25, -0.2) is 0 Å². The van der Waals surface area contributed by atoms with E-state index >= 15 is 0 Å². The number of nitrogens with one attached hydrogen (secondary N) is 3. The second-order valence-corrected chi connectivity index (χ2v) is 5.97. The molecule has 0 fully saturated rings. The molecule has 0 aliphatic carbocycles. The van der Waals surface area contributed by atoms with Gasteiger partial charge in [-0.1, -0.05) is 24.3 Å². The summed E-state index contributed by atoms with van der Waals surface area (Å²) in [7, 11) is 0. The third-order valence-corrected chi connectivity index (χ3v) is 3.73. The number of hydrogen-bond acceptors (Lipinski definition) is 4. The Kier molecular flexibility index (Phi) is 5.76. The lowest BCUT2D eigenvalue weighted by molar-refractivity contribution is -0.114. The summed E-state index contributed by atoms with van der Waals surface area (Å²) >= 11 is 0. The average Bonchev–Trinajstić information content (AvgIpc) is 2.68. The molecule has 7 nitrogen and oxygen atoms in total. The van der Waals surface area contributed by atoms with Crippen LogP contribution in [0.2, 0.25) is 0 Å². The Hall–Kier alpha value is -4.00. The van der Waals surface area contributed by atoms with E-state index in [-0.39, 0.29) is 17.2 Å². The summed E-state index contributed by atoms with van der Waals surface area (Å²) < 4.78 is 0. The highest BCUT2D eigenvalue weighted by Gasteiger charge is 2.12. The monoisotopic (exact) mass is 374 g/mol. The lowest BCUT2D eigenvalue weighted by Crippen LogP contribution is -2.17. The average molecular weight is 374 g/mol. The molecule has 1 heterocycles. The zero-order valence-electron chi connectivity index (χ0n) is 15.1. The van der Waals surface area contributed by atoms with E-state index in [2.05, 4.69) is 20.9 Å². The van der Waals surface area contributed by atoms with Crippen molar-refractivity contribution in [3.05, 3.63) is 84.2 Å². The zero-order valence-corrected chi connectivity index (χ0v) is 15.1. The highest BCUT2D eigenvalue weighted by atomic mass is 16.2. The maximum Gasteiger partial charge on any atom is 0.274 e. The summed E-state index contributed by atoms with van der Waals surface area (Å²) in [6, 6.07) is 18.7. The van der Waals surface area contributed by atoms with Gasteiger partial charge in [-0.15, -0.1) is 0 Å². The Morgan fingerprint density at radius 2 is 1.36 bits per heavy atom. The second kappa shape index (κ2) is 8.59. The van der Waals surface area contributed by atoms with Gasteiger partial charge in [0.1, 0.15) is 5.69 Å². The van der Waals surface area contributed by atoms with Gasteiger partial charge in [0.2, 0.25) is 5.91 Å². The second-order valence-electron chi connectivity index (χ2n) is 5.97. The molecular weight excluding hydrogens is 356 g/mol. The standard InChI is InChI=1S/C21H18N4O3/c1-14(26)23-17-8-5-9-18(13-17)25-20(27)15-10-11-22-19(12-15)21(28)24-16-6-3-2-4-7-16/h2-13H,1H3,(H,23,26)(H,24,28)(H,25,27). The zero-order chi connectivity index (χ0) is 19.9. The van der Waals surface area contributed by atoms with Crippen LogP contribution in [0.5, 0.6) is 0 Å². The third kappa shape index (κ3) is 5.01. The smallest absolute Gasteiger partial charge is 0.274 e. The number of carbonyl (C=O) groups is 3. The van der Waals surface area contributed by atoms with Crippen molar-refractivity contribution >= 4 is 34.8 Å². The number of amides is 3. The maximum atomic E-state index is 12.5. The molecule has 3 amide bonds. The minimum Gasteiger partial charge on any atom is -0.326 e. The summed E-state index contributed by atoms with van der Waals surface area (Å²) in [5.74, 6) is -1.00. The fourth-order valence-corrected chi connectivity index (χ4v) is 2.49. The molecule has 0 bridgehead atoms. The molecule has 3 N–H and O–H groups in total. The van der Waals surface area contributed by atoms with Gasteiger partial charge >= 0.3 is 0 Å².